The summed E-state index contributed by atoms with van der Waals surface area (Å²) < 4.78 is 0. The number of hydrogen-bond acceptors (Lipinski definition) is 18. The summed E-state index contributed by atoms with van der Waals surface area (Å²) in [5.74, 6) is -2.19. The largest absolute Gasteiger partial charge is 0.395 e. The van der Waals surface area contributed by atoms with E-state index in [1.807, 2.05) is 97.1 Å². The standard InChI is InChI=1S/C26H28N6O4S2.C24H24N6O2S2/c33-15-19(17-9-3-1-4-10-17)23(35)27-25-31-29-21(37-25)13-7-8-14-22-30-32-26(38-22)28-24(36)20(16-34)18-11-5-2-6-12-18;31-19(15-17-9-3-1-4-10-17)25-23-29-27-21(33-23)13-7-8-14-22-28-30-24(34-22)26-20(32)16-18-11-5-2-6-12-18/h1-6,9-12,19-20,33-34H,7-8,13-16H2,(H,27,31,35)(H,28,32,36);1-6,9-12H,7-8,13-16H2,(H,25,29,31)(H,26,30,32). The molecule has 0 radical (unpaired) electrons. The Kier molecular flexibility index (Phi) is 20.6. The Morgan fingerprint density at radius 3 is 0.958 bits per heavy atom. The van der Waals surface area contributed by atoms with Crippen LogP contribution in [0.2, 0.25) is 0 Å². The first-order valence-corrected chi connectivity index (χ1v) is 26.4. The van der Waals surface area contributed by atoms with Crippen molar-refractivity contribution in [2.45, 2.75) is 76.0 Å². The summed E-state index contributed by atoms with van der Waals surface area (Å²) in [7, 11) is 0. The molecular weight excluding hydrogens is 993 g/mol. The summed E-state index contributed by atoms with van der Waals surface area (Å²) >= 11 is 5.44. The summed E-state index contributed by atoms with van der Waals surface area (Å²) in [5.41, 5.74) is 3.39. The fraction of sp³-hybridized carbons (Fsp3) is 0.280. The predicted molar refractivity (Wildman–Crippen MR) is 280 cm³/mol. The summed E-state index contributed by atoms with van der Waals surface area (Å²) in [6.07, 6.45) is 7.11. The van der Waals surface area contributed by atoms with Gasteiger partial charge in [0.15, 0.2) is 0 Å². The van der Waals surface area contributed by atoms with Gasteiger partial charge < -0.3 is 20.8 Å². The van der Waals surface area contributed by atoms with Crippen molar-refractivity contribution in [2.75, 3.05) is 34.5 Å². The van der Waals surface area contributed by atoms with E-state index < -0.39 is 11.8 Å². The molecule has 0 bridgehead atoms. The highest BCUT2D eigenvalue weighted by Gasteiger charge is 2.23. The molecule has 8 rings (SSSR count). The van der Waals surface area contributed by atoms with Crippen LogP contribution < -0.4 is 21.3 Å². The average molecular weight is 1050 g/mol. The van der Waals surface area contributed by atoms with Gasteiger partial charge in [0.2, 0.25) is 44.2 Å². The third-order valence-corrected chi connectivity index (χ3v) is 14.3. The van der Waals surface area contributed by atoms with Gasteiger partial charge in [-0.15, -0.1) is 40.8 Å². The molecule has 4 amide bonds. The van der Waals surface area contributed by atoms with E-state index in [0.717, 1.165) is 80.8 Å². The topological polar surface area (TPSA) is 260 Å². The predicted octanol–water partition coefficient (Wildman–Crippen LogP) is 7.70. The van der Waals surface area contributed by atoms with E-state index in [1.54, 1.807) is 24.3 Å². The number of benzene rings is 4. The molecule has 0 aliphatic carbocycles. The first kappa shape index (κ1) is 52.7. The normalized spacial score (nSPS) is 11.7. The van der Waals surface area contributed by atoms with Crippen LogP contribution in [-0.4, -0.2) is 87.8 Å². The van der Waals surface area contributed by atoms with Crippen molar-refractivity contribution in [1.82, 2.24) is 40.8 Å². The maximum absolute atomic E-state index is 12.6. The van der Waals surface area contributed by atoms with Crippen LogP contribution in [0.5, 0.6) is 0 Å². The number of hydrogen-bond donors (Lipinski definition) is 6. The number of nitrogens with zero attached hydrogens (tertiary/aromatic N) is 8. The third kappa shape index (κ3) is 17.1. The zero-order chi connectivity index (χ0) is 50.3. The summed E-state index contributed by atoms with van der Waals surface area (Å²) in [4.78, 5) is 49.5. The van der Waals surface area contributed by atoms with Gasteiger partial charge in [0.05, 0.1) is 37.9 Å². The highest BCUT2D eigenvalue weighted by Crippen LogP contribution is 2.25. The zero-order valence-corrected chi connectivity index (χ0v) is 42.2. The Balaban J connectivity index is 0.000000213. The molecule has 0 fully saturated rings. The molecule has 0 aliphatic heterocycles. The number of unbranched alkanes of at least 4 members (excludes halogenated alkanes) is 2. The van der Waals surface area contributed by atoms with E-state index in [0.29, 0.717) is 46.2 Å². The minimum absolute atomic E-state index is 0.100. The Morgan fingerprint density at radius 2 is 0.667 bits per heavy atom. The Hall–Kier alpha value is -7.08. The van der Waals surface area contributed by atoms with Crippen LogP contribution in [0, 0.1) is 0 Å². The van der Waals surface area contributed by atoms with Crippen molar-refractivity contribution in [3.8, 4) is 0 Å². The number of nitrogens with one attached hydrogen (secondary N) is 4. The van der Waals surface area contributed by atoms with Gasteiger partial charge in [-0.2, -0.15) is 0 Å². The second kappa shape index (κ2) is 28.1. The maximum Gasteiger partial charge on any atom is 0.236 e. The van der Waals surface area contributed by atoms with Gasteiger partial charge in [-0.05, 0) is 47.9 Å². The number of anilines is 4. The SMILES string of the molecule is O=C(Cc1ccccc1)Nc1nnc(CCCCc2nnc(NC(=O)Cc3ccccc3)s2)s1.O=C(Nc1nnc(CCCCc2nnc(NC(=O)C(CO)c3ccccc3)s2)s1)C(CO)c1ccccc1. The van der Waals surface area contributed by atoms with Crippen LogP contribution in [0.4, 0.5) is 20.5 Å². The average Bonchev–Trinajstić information content (AvgIpc) is 4.24. The quantitative estimate of drug-likeness (QED) is 0.0317. The molecule has 4 aromatic carbocycles. The lowest BCUT2D eigenvalue weighted by Crippen LogP contribution is -2.23. The second-order valence-corrected chi connectivity index (χ2v) is 20.4. The molecule has 2 atom stereocenters. The first-order valence-electron chi connectivity index (χ1n) is 23.1. The Labute approximate surface area is 431 Å². The molecule has 72 heavy (non-hydrogen) atoms. The van der Waals surface area contributed by atoms with Crippen molar-refractivity contribution in [2.24, 2.45) is 0 Å². The van der Waals surface area contributed by atoms with Crippen LogP contribution in [-0.2, 0) is 57.7 Å². The minimum Gasteiger partial charge on any atom is -0.395 e. The molecular formula is C50H52N12O6S4. The lowest BCUT2D eigenvalue weighted by atomic mass is 9.99. The molecule has 0 saturated heterocycles. The van der Waals surface area contributed by atoms with Crippen LogP contribution in [0.1, 0.15) is 79.8 Å². The highest BCUT2D eigenvalue weighted by molar-refractivity contribution is 7.16. The smallest absolute Gasteiger partial charge is 0.236 e. The Bertz CT molecular complexity index is 2720. The van der Waals surface area contributed by atoms with Gasteiger partial charge in [0.1, 0.15) is 20.0 Å². The number of rotatable bonds is 24. The van der Waals surface area contributed by atoms with Crippen molar-refractivity contribution in [1.29, 1.82) is 0 Å². The maximum atomic E-state index is 12.6. The van der Waals surface area contributed by atoms with E-state index in [4.69, 9.17) is 0 Å². The van der Waals surface area contributed by atoms with E-state index in [1.165, 1.54) is 45.3 Å². The van der Waals surface area contributed by atoms with Crippen molar-refractivity contribution in [3.63, 3.8) is 0 Å². The van der Waals surface area contributed by atoms with Gasteiger partial charge in [0.25, 0.3) is 0 Å². The fourth-order valence-corrected chi connectivity index (χ4v) is 10.2. The number of carbonyl (C=O) groups is 4. The van der Waals surface area contributed by atoms with Gasteiger partial charge in [-0.25, -0.2) is 0 Å². The summed E-state index contributed by atoms with van der Waals surface area (Å²) in [5, 5.41) is 68.6. The van der Waals surface area contributed by atoms with Crippen molar-refractivity contribution >= 4 is 89.5 Å². The second-order valence-electron chi connectivity index (χ2n) is 16.1. The lowest BCUT2D eigenvalue weighted by Gasteiger charge is -2.13. The number of aliphatic hydroxyl groups is 2. The summed E-state index contributed by atoms with van der Waals surface area (Å²) in [6.45, 7) is -0.596. The highest BCUT2D eigenvalue weighted by atomic mass is 32.1. The molecule has 22 heteroatoms. The van der Waals surface area contributed by atoms with E-state index >= 15 is 0 Å². The summed E-state index contributed by atoms with van der Waals surface area (Å²) in [6, 6.07) is 37.4. The third-order valence-electron chi connectivity index (χ3n) is 10.7. The number of amides is 4. The van der Waals surface area contributed by atoms with Crippen molar-refractivity contribution < 1.29 is 29.4 Å². The van der Waals surface area contributed by atoms with Gasteiger partial charge in [0, 0.05) is 25.7 Å². The first-order chi connectivity index (χ1) is 35.2. The molecule has 4 heterocycles. The van der Waals surface area contributed by atoms with Crippen molar-refractivity contribution in [3.05, 3.63) is 164 Å². The lowest BCUT2D eigenvalue weighted by molar-refractivity contribution is -0.119. The number of aromatic nitrogens is 8. The minimum atomic E-state index is -0.669. The monoisotopic (exact) mass is 1040 g/mol. The molecule has 18 nitrogen and oxygen atoms in total. The van der Waals surface area contributed by atoms with Crippen LogP contribution in [0.15, 0.2) is 121 Å². The Morgan fingerprint density at radius 1 is 0.389 bits per heavy atom. The number of aliphatic hydroxyl groups excluding tert-OH is 2. The van der Waals surface area contributed by atoms with Gasteiger partial charge >= 0.3 is 0 Å². The number of aryl methyl sites for hydroxylation is 4. The molecule has 0 saturated carbocycles. The molecule has 0 aliphatic rings. The zero-order valence-electron chi connectivity index (χ0n) is 38.9. The molecule has 0 spiro atoms. The van der Waals surface area contributed by atoms with Crippen LogP contribution >= 0.6 is 45.3 Å². The molecule has 372 valence electrons. The molecule has 2 unspecified atom stereocenters. The van der Waals surface area contributed by atoms with E-state index in [-0.39, 0.29) is 36.8 Å². The number of carbonyl (C=O) groups excluding carboxylic acids is 4. The van der Waals surface area contributed by atoms with Crippen LogP contribution in [0.25, 0.3) is 0 Å². The molecule has 8 aromatic rings. The van der Waals surface area contributed by atoms with E-state index in [9.17, 15) is 29.4 Å². The van der Waals surface area contributed by atoms with Gasteiger partial charge in [-0.1, -0.05) is 167 Å². The molecule has 4 aromatic heterocycles. The van der Waals surface area contributed by atoms with Gasteiger partial charge in [-0.3, -0.25) is 29.8 Å². The van der Waals surface area contributed by atoms with Crippen LogP contribution in [0.3, 0.4) is 0 Å². The fourth-order valence-electron chi connectivity index (χ4n) is 7.05. The van der Waals surface area contributed by atoms with E-state index in [2.05, 4.69) is 62.1 Å². The molecule has 6 N–H and O–H groups in total.